The van der Waals surface area contributed by atoms with Gasteiger partial charge in [0.1, 0.15) is 5.69 Å². The summed E-state index contributed by atoms with van der Waals surface area (Å²) in [5, 5.41) is 4.96. The van der Waals surface area contributed by atoms with Crippen LogP contribution in [0.5, 0.6) is 0 Å². The first-order valence-electron chi connectivity index (χ1n) is 7.33. The van der Waals surface area contributed by atoms with Crippen LogP contribution in [0.25, 0.3) is 0 Å². The molecule has 0 aromatic carbocycles. The van der Waals surface area contributed by atoms with Crippen LogP contribution in [-0.2, 0) is 26.2 Å². The van der Waals surface area contributed by atoms with Crippen molar-refractivity contribution in [1.29, 1.82) is 0 Å². The summed E-state index contributed by atoms with van der Waals surface area (Å²) in [6, 6.07) is 4.09. The lowest BCUT2D eigenvalue weighted by molar-refractivity contribution is -0.142. The van der Waals surface area contributed by atoms with Gasteiger partial charge in [0, 0.05) is 37.3 Å². The molecule has 0 atom stereocenters. The molecule has 0 fully saturated rings. The van der Waals surface area contributed by atoms with Crippen LogP contribution < -0.4 is 11.1 Å². The number of nitrogens with one attached hydrogen (secondary N) is 1. The van der Waals surface area contributed by atoms with E-state index < -0.39 is 35.4 Å². The number of pyridine rings is 1. The molecule has 1 aliphatic heterocycles. The highest BCUT2D eigenvalue weighted by molar-refractivity contribution is 5.92. The molecule has 2 aromatic rings. The monoisotopic (exact) mass is 354 g/mol. The number of H-pyrrole nitrogens is 1. The van der Waals surface area contributed by atoms with Gasteiger partial charge in [0.2, 0.25) is 0 Å². The highest BCUT2D eigenvalue weighted by Crippen LogP contribution is 2.32. The van der Waals surface area contributed by atoms with E-state index in [0.29, 0.717) is 0 Å². The average molecular weight is 354 g/mol. The molecule has 7 nitrogen and oxygen atoms in total. The molecule has 3 heterocycles. The van der Waals surface area contributed by atoms with Crippen molar-refractivity contribution in [2.24, 2.45) is 7.05 Å². The summed E-state index contributed by atoms with van der Waals surface area (Å²) in [6.45, 7) is -0.331. The highest BCUT2D eigenvalue weighted by Gasteiger charge is 2.39. The third-order valence-corrected chi connectivity index (χ3v) is 4.13. The van der Waals surface area contributed by atoms with Crippen LogP contribution in [0.2, 0.25) is 0 Å². The first-order valence-corrected chi connectivity index (χ1v) is 7.33. The number of nitrogens with zero attached hydrogens (tertiary/aromatic N) is 3. The zero-order valence-corrected chi connectivity index (χ0v) is 13.1. The van der Waals surface area contributed by atoms with Crippen molar-refractivity contribution in [3.8, 4) is 0 Å². The van der Waals surface area contributed by atoms with Gasteiger partial charge in [-0.05, 0) is 12.5 Å². The number of alkyl halides is 3. The van der Waals surface area contributed by atoms with Crippen LogP contribution in [0.3, 0.4) is 0 Å². The molecule has 0 bridgehead atoms. The van der Waals surface area contributed by atoms with Gasteiger partial charge in [-0.1, -0.05) is 6.07 Å². The van der Waals surface area contributed by atoms with E-state index in [9.17, 15) is 27.6 Å². The van der Waals surface area contributed by atoms with E-state index in [1.807, 2.05) is 5.10 Å². The fraction of sp³-hybridized carbons (Fsp3) is 0.333. The zero-order chi connectivity index (χ0) is 18.4. The summed E-state index contributed by atoms with van der Waals surface area (Å²) >= 11 is 0. The lowest BCUT2D eigenvalue weighted by atomic mass is 9.99. The van der Waals surface area contributed by atoms with Crippen molar-refractivity contribution in [3.05, 3.63) is 61.4 Å². The molecule has 25 heavy (non-hydrogen) atoms. The van der Waals surface area contributed by atoms with Crippen molar-refractivity contribution in [1.82, 2.24) is 19.7 Å². The van der Waals surface area contributed by atoms with E-state index >= 15 is 0 Å². The third kappa shape index (κ3) is 2.94. The van der Waals surface area contributed by atoms with E-state index in [0.717, 1.165) is 4.57 Å². The van der Waals surface area contributed by atoms with Crippen LogP contribution in [0.15, 0.2) is 27.8 Å². The number of rotatable bonds is 1. The maximum absolute atomic E-state index is 13.1. The molecule has 2 aromatic heterocycles. The molecule has 0 radical (unpaired) electrons. The van der Waals surface area contributed by atoms with Gasteiger partial charge in [-0.15, -0.1) is 0 Å². The molecule has 1 amide bonds. The number of fused-ring (bicyclic) bond motifs is 1. The minimum atomic E-state index is -4.75. The van der Waals surface area contributed by atoms with E-state index in [1.54, 1.807) is 0 Å². The lowest BCUT2D eigenvalue weighted by Crippen LogP contribution is -2.41. The normalized spacial score (nSPS) is 14.3. The second-order valence-corrected chi connectivity index (χ2v) is 5.64. The van der Waals surface area contributed by atoms with Gasteiger partial charge in [0.25, 0.3) is 17.0 Å². The minimum absolute atomic E-state index is 0.0201. The van der Waals surface area contributed by atoms with E-state index in [-0.39, 0.29) is 29.8 Å². The Morgan fingerprint density at radius 2 is 1.96 bits per heavy atom. The van der Waals surface area contributed by atoms with Crippen molar-refractivity contribution < 1.29 is 18.0 Å². The maximum atomic E-state index is 13.1. The first kappa shape index (κ1) is 16.9. The van der Waals surface area contributed by atoms with Gasteiger partial charge in [0.05, 0.1) is 0 Å². The van der Waals surface area contributed by atoms with Gasteiger partial charge in [0.15, 0.2) is 5.69 Å². The number of carbonyl (C=O) groups is 1. The van der Waals surface area contributed by atoms with Crippen molar-refractivity contribution >= 4 is 5.91 Å². The number of carbonyl (C=O) groups excluding carboxylic acids is 1. The molecular weight excluding hydrogens is 341 g/mol. The Bertz CT molecular complexity index is 962. The number of amides is 1. The van der Waals surface area contributed by atoms with Crippen LogP contribution in [0.4, 0.5) is 13.2 Å². The average Bonchev–Trinajstić information content (AvgIpc) is 2.55. The number of hydrogen-bond acceptors (Lipinski definition) is 4. The molecule has 1 aliphatic rings. The Morgan fingerprint density at radius 1 is 1.24 bits per heavy atom. The summed E-state index contributed by atoms with van der Waals surface area (Å²) in [6.07, 6.45) is -4.78. The van der Waals surface area contributed by atoms with Gasteiger partial charge in [-0.25, -0.2) is 5.10 Å². The summed E-state index contributed by atoms with van der Waals surface area (Å²) in [5.41, 5.74) is -2.58. The SMILES string of the molecule is Cn1c(C(=O)N2CCc3c(c(C(F)(F)F)n[nH]c3=O)C2)cccc1=O. The summed E-state index contributed by atoms with van der Waals surface area (Å²) in [4.78, 5) is 37.2. The van der Waals surface area contributed by atoms with Gasteiger partial charge < -0.3 is 9.47 Å². The Balaban J connectivity index is 2.02. The Labute approximate surface area is 138 Å². The zero-order valence-electron chi connectivity index (χ0n) is 13.1. The smallest absolute Gasteiger partial charge is 0.333 e. The molecular formula is C15H13F3N4O3. The Morgan fingerprint density at radius 3 is 2.64 bits per heavy atom. The molecule has 10 heteroatoms. The summed E-state index contributed by atoms with van der Waals surface area (Å²) in [5.74, 6) is -0.584. The van der Waals surface area contributed by atoms with E-state index in [4.69, 9.17) is 0 Å². The van der Waals surface area contributed by atoms with E-state index in [2.05, 4.69) is 5.10 Å². The van der Waals surface area contributed by atoms with Gasteiger partial charge in [-0.2, -0.15) is 18.3 Å². The second kappa shape index (κ2) is 5.87. The summed E-state index contributed by atoms with van der Waals surface area (Å²) < 4.78 is 40.6. The lowest BCUT2D eigenvalue weighted by Gasteiger charge is -2.30. The molecule has 132 valence electrons. The van der Waals surface area contributed by atoms with Crippen LogP contribution in [0.1, 0.15) is 27.3 Å². The Hall–Kier alpha value is -2.91. The van der Waals surface area contributed by atoms with Crippen molar-refractivity contribution in [2.45, 2.75) is 19.1 Å². The number of hydrogen-bond donors (Lipinski definition) is 1. The number of halogens is 3. The summed E-state index contributed by atoms with van der Waals surface area (Å²) in [7, 11) is 1.40. The van der Waals surface area contributed by atoms with Crippen molar-refractivity contribution in [3.63, 3.8) is 0 Å². The molecule has 3 rings (SSSR count). The van der Waals surface area contributed by atoms with E-state index in [1.165, 1.54) is 30.1 Å². The highest BCUT2D eigenvalue weighted by atomic mass is 19.4. The molecule has 0 spiro atoms. The number of aromatic nitrogens is 3. The second-order valence-electron chi connectivity index (χ2n) is 5.64. The topological polar surface area (TPSA) is 88.1 Å². The predicted molar refractivity (Wildman–Crippen MR) is 80.0 cm³/mol. The fourth-order valence-corrected chi connectivity index (χ4v) is 2.82. The van der Waals surface area contributed by atoms with Crippen molar-refractivity contribution in [2.75, 3.05) is 6.54 Å². The molecule has 1 N–H and O–H groups in total. The molecule has 0 aliphatic carbocycles. The third-order valence-electron chi connectivity index (χ3n) is 4.13. The minimum Gasteiger partial charge on any atom is -0.333 e. The molecule has 0 saturated carbocycles. The quantitative estimate of drug-likeness (QED) is 0.816. The van der Waals surface area contributed by atoms with Crippen LogP contribution in [0, 0.1) is 0 Å². The maximum Gasteiger partial charge on any atom is 0.435 e. The fourth-order valence-electron chi connectivity index (χ4n) is 2.82. The predicted octanol–water partition coefficient (Wildman–Crippen LogP) is 0.686. The molecule has 0 unspecified atom stereocenters. The molecule has 0 saturated heterocycles. The standard InChI is InChI=1S/C15H13F3N4O3/c1-21-10(3-2-4-11(21)23)14(25)22-6-5-8-9(7-22)12(15(16,17)18)19-20-13(8)24/h2-4H,5-7H2,1H3,(H,20,24). The number of aromatic amines is 1. The van der Waals surface area contributed by atoms with Crippen LogP contribution >= 0.6 is 0 Å². The van der Waals surface area contributed by atoms with Crippen LogP contribution in [-0.4, -0.2) is 32.1 Å². The largest absolute Gasteiger partial charge is 0.435 e. The first-order chi connectivity index (χ1) is 11.7. The van der Waals surface area contributed by atoms with Gasteiger partial charge in [-0.3, -0.25) is 14.4 Å². The Kier molecular flexibility index (Phi) is 3.97. The van der Waals surface area contributed by atoms with Gasteiger partial charge >= 0.3 is 6.18 Å².